The van der Waals surface area contributed by atoms with Gasteiger partial charge in [0.05, 0.1) is 19.6 Å². The van der Waals surface area contributed by atoms with E-state index in [1.807, 2.05) is 80.5 Å². The zero-order valence-electron chi connectivity index (χ0n) is 29.8. The van der Waals surface area contributed by atoms with Crippen LogP contribution in [0.3, 0.4) is 0 Å². The predicted molar refractivity (Wildman–Crippen MR) is 191 cm³/mol. The first-order valence-corrected chi connectivity index (χ1v) is 16.8. The second-order valence-corrected chi connectivity index (χ2v) is 14.9. The summed E-state index contributed by atoms with van der Waals surface area (Å²) >= 11 is 0. The Labute approximate surface area is 282 Å². The van der Waals surface area contributed by atoms with E-state index in [0.29, 0.717) is 33.4 Å². The van der Waals surface area contributed by atoms with Gasteiger partial charge in [-0.05, 0) is 105 Å². The van der Waals surface area contributed by atoms with Gasteiger partial charge in [-0.1, -0.05) is 80.5 Å². The molecule has 0 fully saturated rings. The molecule has 9 heteroatoms. The third-order valence-electron chi connectivity index (χ3n) is 10.4. The van der Waals surface area contributed by atoms with Crippen LogP contribution in [-0.2, 0) is 35.9 Å². The van der Waals surface area contributed by atoms with Gasteiger partial charge in [0.15, 0.2) is 0 Å². The Kier molecular flexibility index (Phi) is 10.2. The van der Waals surface area contributed by atoms with E-state index in [2.05, 4.69) is 0 Å². The van der Waals surface area contributed by atoms with Gasteiger partial charge in [0, 0.05) is 0 Å². The van der Waals surface area contributed by atoms with Crippen molar-refractivity contribution in [3.8, 4) is 17.2 Å². The van der Waals surface area contributed by atoms with E-state index >= 15 is 0 Å². The highest BCUT2D eigenvalue weighted by molar-refractivity contribution is 5.43. The molecule has 48 heavy (non-hydrogen) atoms. The number of hydrogen-bond donors (Lipinski definition) is 3. The zero-order valence-corrected chi connectivity index (χ0v) is 29.8. The SMILES string of the molecule is CCC(C)(C)c1cc(Cn2c(=O)n(Cc3ccc(O)c(C(C)(C)CC)c3)c(=O)n(Cc3ccc(O)c(C(C)(C)CC)c3)c2=O)ccc1O. The summed E-state index contributed by atoms with van der Waals surface area (Å²) in [5, 5.41) is 31.9. The van der Waals surface area contributed by atoms with Crippen molar-refractivity contribution in [3.05, 3.63) is 119 Å². The molecular formula is C39H51N3O6. The molecule has 0 amide bonds. The molecule has 0 unspecified atom stereocenters. The third kappa shape index (κ3) is 7.15. The summed E-state index contributed by atoms with van der Waals surface area (Å²) in [7, 11) is 0. The number of benzene rings is 3. The van der Waals surface area contributed by atoms with Crippen LogP contribution >= 0.6 is 0 Å². The molecule has 3 aromatic carbocycles. The van der Waals surface area contributed by atoms with Gasteiger partial charge in [-0.15, -0.1) is 0 Å². The Morgan fingerprint density at radius 1 is 0.458 bits per heavy atom. The molecule has 4 aromatic rings. The zero-order chi connectivity index (χ0) is 35.8. The van der Waals surface area contributed by atoms with Gasteiger partial charge in [-0.2, -0.15) is 0 Å². The third-order valence-corrected chi connectivity index (χ3v) is 10.4. The van der Waals surface area contributed by atoms with Crippen LogP contribution in [0.5, 0.6) is 17.2 Å². The summed E-state index contributed by atoms with van der Waals surface area (Å²) in [5.41, 5.74) is 0.686. The molecule has 0 radical (unpaired) electrons. The van der Waals surface area contributed by atoms with Crippen molar-refractivity contribution in [1.82, 2.24) is 13.7 Å². The van der Waals surface area contributed by atoms with Gasteiger partial charge in [-0.3, -0.25) is 0 Å². The molecular weight excluding hydrogens is 606 g/mol. The van der Waals surface area contributed by atoms with Crippen molar-refractivity contribution in [2.24, 2.45) is 0 Å². The first kappa shape index (κ1) is 36.3. The van der Waals surface area contributed by atoms with E-state index in [0.717, 1.165) is 33.0 Å². The minimum Gasteiger partial charge on any atom is -0.508 e. The summed E-state index contributed by atoms with van der Waals surface area (Å²) < 4.78 is 3.18. The second kappa shape index (κ2) is 13.5. The molecule has 0 saturated heterocycles. The van der Waals surface area contributed by atoms with Crippen molar-refractivity contribution in [2.45, 2.75) is 117 Å². The van der Waals surface area contributed by atoms with E-state index in [4.69, 9.17) is 0 Å². The van der Waals surface area contributed by atoms with Gasteiger partial charge in [0.25, 0.3) is 0 Å². The molecule has 0 bridgehead atoms. The van der Waals surface area contributed by atoms with E-state index in [-0.39, 0.29) is 53.1 Å². The Balaban J connectivity index is 1.93. The number of rotatable bonds is 12. The molecule has 0 aliphatic heterocycles. The summed E-state index contributed by atoms with van der Waals surface area (Å²) in [6.45, 7) is 17.8. The quantitative estimate of drug-likeness (QED) is 0.160. The van der Waals surface area contributed by atoms with Crippen LogP contribution in [0.1, 0.15) is 115 Å². The van der Waals surface area contributed by atoms with E-state index in [1.165, 1.54) is 0 Å². The van der Waals surface area contributed by atoms with Crippen molar-refractivity contribution in [3.63, 3.8) is 0 Å². The molecule has 1 heterocycles. The average Bonchev–Trinajstić information content (AvgIpc) is 3.05. The Morgan fingerprint density at radius 2 is 0.688 bits per heavy atom. The van der Waals surface area contributed by atoms with Crippen molar-refractivity contribution in [1.29, 1.82) is 0 Å². The molecule has 0 atom stereocenters. The Morgan fingerprint density at radius 3 is 0.896 bits per heavy atom. The molecule has 0 spiro atoms. The van der Waals surface area contributed by atoms with E-state index in [1.54, 1.807) is 36.4 Å². The summed E-state index contributed by atoms with van der Waals surface area (Å²) in [4.78, 5) is 42.3. The predicted octanol–water partition coefficient (Wildman–Crippen LogP) is 6.50. The normalized spacial score (nSPS) is 12.4. The lowest BCUT2D eigenvalue weighted by Gasteiger charge is -2.25. The van der Waals surface area contributed by atoms with Gasteiger partial charge in [0.2, 0.25) is 0 Å². The van der Waals surface area contributed by atoms with E-state index in [9.17, 15) is 29.7 Å². The lowest BCUT2D eigenvalue weighted by molar-refractivity contribution is 0.427. The minimum absolute atomic E-state index is 0.113. The van der Waals surface area contributed by atoms with Gasteiger partial charge in [0.1, 0.15) is 17.2 Å². The van der Waals surface area contributed by atoms with Gasteiger partial charge >= 0.3 is 17.1 Å². The second-order valence-electron chi connectivity index (χ2n) is 14.9. The lowest BCUT2D eigenvalue weighted by atomic mass is 9.81. The fourth-order valence-electron chi connectivity index (χ4n) is 5.88. The van der Waals surface area contributed by atoms with Crippen molar-refractivity contribution in [2.75, 3.05) is 0 Å². The van der Waals surface area contributed by atoms with Crippen molar-refractivity contribution >= 4 is 0 Å². The number of aromatic hydroxyl groups is 3. The minimum atomic E-state index is -0.756. The monoisotopic (exact) mass is 657 g/mol. The highest BCUT2D eigenvalue weighted by Crippen LogP contribution is 2.36. The molecule has 0 saturated carbocycles. The van der Waals surface area contributed by atoms with Gasteiger partial charge in [-0.25, -0.2) is 28.1 Å². The maximum absolute atomic E-state index is 14.1. The fraction of sp³-hybridized carbons (Fsp3) is 0.462. The first-order chi connectivity index (χ1) is 22.4. The standard InChI is InChI=1S/C39H51N3O6/c1-10-37(4,5)28-19-25(13-16-31(28)43)22-40-34(46)41(23-26-14-17-32(44)29(20-26)38(6,7)11-2)36(48)42(35(40)47)24-27-15-18-33(45)30(21-27)39(8,9)12-3/h13-21,43-45H,10-12,22-24H2,1-9H3. The van der Waals surface area contributed by atoms with Crippen LogP contribution in [-0.4, -0.2) is 29.0 Å². The van der Waals surface area contributed by atoms with E-state index < -0.39 is 17.1 Å². The smallest absolute Gasteiger partial charge is 0.336 e. The number of phenols is 3. The highest BCUT2D eigenvalue weighted by atomic mass is 16.3. The Bertz CT molecular complexity index is 1740. The van der Waals surface area contributed by atoms with Crippen LogP contribution in [0.4, 0.5) is 0 Å². The number of hydrogen-bond acceptors (Lipinski definition) is 6. The van der Waals surface area contributed by atoms with Crippen LogP contribution in [0.15, 0.2) is 69.0 Å². The lowest BCUT2D eigenvalue weighted by Crippen LogP contribution is -2.54. The summed E-state index contributed by atoms with van der Waals surface area (Å²) in [6.07, 6.45) is 2.28. The summed E-state index contributed by atoms with van der Waals surface area (Å²) in [5.74, 6) is 0.407. The molecule has 4 rings (SSSR count). The first-order valence-electron chi connectivity index (χ1n) is 16.8. The number of nitrogens with zero attached hydrogens (tertiary/aromatic N) is 3. The maximum atomic E-state index is 14.1. The molecule has 3 N–H and O–H groups in total. The molecule has 258 valence electrons. The highest BCUT2D eigenvalue weighted by Gasteiger charge is 2.26. The molecule has 0 aliphatic rings. The average molecular weight is 658 g/mol. The molecule has 0 aliphatic carbocycles. The maximum Gasteiger partial charge on any atom is 0.336 e. The van der Waals surface area contributed by atoms with Crippen LogP contribution in [0, 0.1) is 0 Å². The number of aromatic nitrogens is 3. The Hall–Kier alpha value is -4.53. The van der Waals surface area contributed by atoms with Gasteiger partial charge < -0.3 is 15.3 Å². The molecule has 9 nitrogen and oxygen atoms in total. The topological polar surface area (TPSA) is 127 Å². The van der Waals surface area contributed by atoms with Crippen LogP contribution in [0.25, 0.3) is 0 Å². The van der Waals surface area contributed by atoms with Crippen LogP contribution in [0.2, 0.25) is 0 Å². The number of phenolic OH excluding ortho intramolecular Hbond substituents is 3. The van der Waals surface area contributed by atoms with Crippen LogP contribution < -0.4 is 17.1 Å². The fourth-order valence-corrected chi connectivity index (χ4v) is 5.88. The van der Waals surface area contributed by atoms with Crippen molar-refractivity contribution < 1.29 is 15.3 Å². The molecule has 1 aromatic heterocycles. The largest absolute Gasteiger partial charge is 0.508 e. The summed E-state index contributed by atoms with van der Waals surface area (Å²) in [6, 6.07) is 15.2.